The quantitative estimate of drug-likeness (QED) is 0.234. The van der Waals surface area contributed by atoms with Crippen LogP contribution in [-0.2, 0) is 33.3 Å². The van der Waals surface area contributed by atoms with Gasteiger partial charge in [0.1, 0.15) is 5.60 Å². The van der Waals surface area contributed by atoms with Gasteiger partial charge in [-0.15, -0.1) is 0 Å². The number of methoxy groups -OCH3 is 1. The van der Waals surface area contributed by atoms with E-state index in [4.69, 9.17) is 14.2 Å². The summed E-state index contributed by atoms with van der Waals surface area (Å²) >= 11 is 0. The van der Waals surface area contributed by atoms with Gasteiger partial charge < -0.3 is 24.3 Å². The number of amides is 1. The number of hydrogen-bond acceptors (Lipinski definition) is 8. The topological polar surface area (TPSA) is 117 Å². The van der Waals surface area contributed by atoms with Crippen LogP contribution in [0.1, 0.15) is 58.2 Å². The van der Waals surface area contributed by atoms with Gasteiger partial charge in [-0.3, -0.25) is 9.59 Å². The summed E-state index contributed by atoms with van der Waals surface area (Å²) in [6.45, 7) is 10.1. The lowest BCUT2D eigenvalue weighted by Crippen LogP contribution is -2.53. The zero-order valence-corrected chi connectivity index (χ0v) is 20.9. The molecular weight excluding hydrogens is 442 g/mol. The fourth-order valence-electron chi connectivity index (χ4n) is 3.21. The maximum Gasteiger partial charge on any atom is 0.408 e. The summed E-state index contributed by atoms with van der Waals surface area (Å²) in [7, 11) is 1.20. The first-order chi connectivity index (χ1) is 15.9. The molecule has 188 valence electrons. The Bertz CT molecular complexity index is 865. The van der Waals surface area contributed by atoms with Crippen molar-refractivity contribution in [1.29, 1.82) is 0 Å². The summed E-state index contributed by atoms with van der Waals surface area (Å²) in [5.41, 5.74) is -1.50. The summed E-state index contributed by atoms with van der Waals surface area (Å²) < 4.78 is 20.6. The number of allylic oxidation sites excluding steroid dienone is 1. The van der Waals surface area contributed by atoms with Crippen LogP contribution >= 0.6 is 0 Å². The average molecular weight is 478 g/mol. The van der Waals surface area contributed by atoms with Gasteiger partial charge >= 0.3 is 24.0 Å². The lowest BCUT2D eigenvalue weighted by molar-refractivity contribution is -0.174. The maximum atomic E-state index is 13.4. The molecule has 1 aromatic rings. The number of carbonyl (C=O) groups excluding carboxylic acids is 4. The maximum absolute atomic E-state index is 13.4. The van der Waals surface area contributed by atoms with Gasteiger partial charge in [-0.1, -0.05) is 35.9 Å². The minimum Gasteiger partial charge on any atom is -0.466 e. The molecule has 0 heterocycles. The van der Waals surface area contributed by atoms with Gasteiger partial charge in [0, 0.05) is 6.08 Å². The highest BCUT2D eigenvalue weighted by Crippen LogP contribution is 2.41. The molecular formula is C25H35NO8. The van der Waals surface area contributed by atoms with Crippen molar-refractivity contribution >= 4 is 24.0 Å². The van der Waals surface area contributed by atoms with Gasteiger partial charge in [0.05, 0.1) is 26.4 Å². The minimum absolute atomic E-state index is 0.0201. The van der Waals surface area contributed by atoms with E-state index in [2.05, 4.69) is 10.1 Å². The molecule has 9 heteroatoms. The Balaban J connectivity index is 3.76. The Kier molecular flexibility index (Phi) is 10.8. The van der Waals surface area contributed by atoms with Crippen LogP contribution in [0.15, 0.2) is 36.4 Å². The third-order valence-corrected chi connectivity index (χ3v) is 4.74. The van der Waals surface area contributed by atoms with Crippen molar-refractivity contribution < 1.29 is 38.1 Å². The number of esters is 3. The van der Waals surface area contributed by atoms with Crippen molar-refractivity contribution in [2.75, 3.05) is 20.3 Å². The van der Waals surface area contributed by atoms with Gasteiger partial charge in [-0.2, -0.15) is 0 Å². The number of benzene rings is 1. The van der Waals surface area contributed by atoms with Crippen molar-refractivity contribution in [3.63, 3.8) is 0 Å². The van der Waals surface area contributed by atoms with E-state index in [-0.39, 0.29) is 19.6 Å². The first kappa shape index (κ1) is 28.7. The first-order valence-electron chi connectivity index (χ1n) is 11.1. The zero-order valence-electron chi connectivity index (χ0n) is 20.9. The van der Waals surface area contributed by atoms with E-state index >= 15 is 0 Å². The monoisotopic (exact) mass is 477 g/mol. The van der Waals surface area contributed by atoms with Crippen LogP contribution in [0.3, 0.4) is 0 Å². The Morgan fingerprint density at radius 1 is 0.971 bits per heavy atom. The van der Waals surface area contributed by atoms with E-state index in [0.29, 0.717) is 5.56 Å². The Labute approximate surface area is 200 Å². The molecule has 0 bridgehead atoms. The fourth-order valence-corrected chi connectivity index (χ4v) is 3.21. The highest BCUT2D eigenvalue weighted by atomic mass is 16.6. The molecule has 1 amide bonds. The Morgan fingerprint density at radius 3 is 1.94 bits per heavy atom. The van der Waals surface area contributed by atoms with Gasteiger partial charge in [0.15, 0.2) is 5.41 Å². The van der Waals surface area contributed by atoms with Crippen LogP contribution in [0, 0.1) is 12.3 Å². The number of aryl methyl sites for hydroxylation is 1. The molecule has 0 spiro atoms. The third-order valence-electron chi connectivity index (χ3n) is 4.74. The fraction of sp³-hybridized carbons (Fsp3) is 0.520. The number of ether oxygens (including phenoxy) is 4. The van der Waals surface area contributed by atoms with Crippen LogP contribution in [0.4, 0.5) is 4.79 Å². The normalized spacial score (nSPS) is 12.6. The van der Waals surface area contributed by atoms with Gasteiger partial charge in [0.25, 0.3) is 0 Å². The molecule has 0 unspecified atom stereocenters. The molecule has 0 aliphatic heterocycles. The highest BCUT2D eigenvalue weighted by Gasteiger charge is 2.56. The summed E-state index contributed by atoms with van der Waals surface area (Å²) in [6, 6.07) is 5.71. The van der Waals surface area contributed by atoms with Crippen LogP contribution in [0.2, 0.25) is 0 Å². The van der Waals surface area contributed by atoms with Gasteiger partial charge in [-0.25, -0.2) is 9.59 Å². The van der Waals surface area contributed by atoms with E-state index in [0.717, 1.165) is 11.6 Å². The predicted molar refractivity (Wildman–Crippen MR) is 125 cm³/mol. The molecule has 0 aliphatic carbocycles. The van der Waals surface area contributed by atoms with E-state index in [9.17, 15) is 19.2 Å². The lowest BCUT2D eigenvalue weighted by Gasteiger charge is -2.36. The van der Waals surface area contributed by atoms with E-state index in [1.165, 1.54) is 13.2 Å². The minimum atomic E-state index is -2.05. The molecule has 0 fully saturated rings. The third kappa shape index (κ3) is 7.90. The molecule has 0 radical (unpaired) electrons. The van der Waals surface area contributed by atoms with Crippen molar-refractivity contribution in [2.24, 2.45) is 5.41 Å². The molecule has 1 atom stereocenters. The van der Waals surface area contributed by atoms with Gasteiger partial charge in [-0.05, 0) is 53.5 Å². The molecule has 0 saturated carbocycles. The van der Waals surface area contributed by atoms with Crippen molar-refractivity contribution in [2.45, 2.75) is 59.6 Å². The molecule has 9 nitrogen and oxygen atoms in total. The summed E-state index contributed by atoms with van der Waals surface area (Å²) in [5, 5.41) is 2.67. The Morgan fingerprint density at radius 2 is 1.50 bits per heavy atom. The lowest BCUT2D eigenvalue weighted by atomic mass is 9.73. The Hall–Kier alpha value is -3.36. The summed E-state index contributed by atoms with van der Waals surface area (Å²) in [5.74, 6) is -2.50. The standard InChI is InChI=1S/C25H35NO8/c1-8-32-21(28)25(22(29)33-9-2,16-10-11-19(27)31-7)20(18-14-12-17(3)13-15-18)26-23(30)34-24(4,5)6/h10-15,20H,8-9,16H2,1-7H3,(H,26,30)/b11-10+/t20-/m1/s1. The summed E-state index contributed by atoms with van der Waals surface area (Å²) in [4.78, 5) is 51.3. The number of rotatable bonds is 10. The number of carbonyl (C=O) groups is 4. The number of alkyl carbamates (subject to hydrolysis) is 1. The van der Waals surface area contributed by atoms with E-state index in [1.807, 2.05) is 6.92 Å². The van der Waals surface area contributed by atoms with Crippen LogP contribution in [0.5, 0.6) is 0 Å². The molecule has 34 heavy (non-hydrogen) atoms. The largest absolute Gasteiger partial charge is 0.466 e. The SMILES string of the molecule is CCOC(=O)C(C/C=C/C(=O)OC)(C(=O)OCC)[C@H](NC(=O)OC(C)(C)C)c1ccc(C)cc1. The second-order valence-corrected chi connectivity index (χ2v) is 8.53. The number of nitrogens with one attached hydrogen (secondary N) is 1. The predicted octanol–water partition coefficient (Wildman–Crippen LogP) is 3.79. The number of hydrogen-bond donors (Lipinski definition) is 1. The molecule has 1 N–H and O–H groups in total. The average Bonchev–Trinajstić information content (AvgIpc) is 2.75. The van der Waals surface area contributed by atoms with Crippen molar-refractivity contribution in [3.8, 4) is 0 Å². The second-order valence-electron chi connectivity index (χ2n) is 8.53. The van der Waals surface area contributed by atoms with E-state index < -0.39 is 41.1 Å². The van der Waals surface area contributed by atoms with Crippen LogP contribution in [-0.4, -0.2) is 49.9 Å². The first-order valence-corrected chi connectivity index (χ1v) is 11.1. The van der Waals surface area contributed by atoms with Crippen molar-refractivity contribution in [3.05, 3.63) is 47.5 Å². The summed E-state index contributed by atoms with van der Waals surface area (Å²) in [6.07, 6.45) is 1.26. The van der Waals surface area contributed by atoms with Crippen molar-refractivity contribution in [1.82, 2.24) is 5.32 Å². The highest BCUT2D eigenvalue weighted by molar-refractivity contribution is 6.02. The molecule has 1 rings (SSSR count). The smallest absolute Gasteiger partial charge is 0.408 e. The van der Waals surface area contributed by atoms with Crippen LogP contribution in [0.25, 0.3) is 0 Å². The van der Waals surface area contributed by atoms with E-state index in [1.54, 1.807) is 58.9 Å². The molecule has 0 aliphatic rings. The van der Waals surface area contributed by atoms with Crippen LogP contribution < -0.4 is 5.32 Å². The second kappa shape index (κ2) is 12.8. The molecule has 1 aromatic carbocycles. The zero-order chi connectivity index (χ0) is 25.9. The molecule has 0 aromatic heterocycles. The van der Waals surface area contributed by atoms with Gasteiger partial charge in [0.2, 0.25) is 0 Å². The molecule has 0 saturated heterocycles.